The predicted molar refractivity (Wildman–Crippen MR) is 117 cm³/mol. The molecule has 0 saturated heterocycles. The van der Waals surface area contributed by atoms with E-state index < -0.39 is 24.8 Å². The van der Waals surface area contributed by atoms with Crippen molar-refractivity contribution in [2.45, 2.75) is 58.0 Å². The fourth-order valence-corrected chi connectivity index (χ4v) is 4.58. The van der Waals surface area contributed by atoms with Gasteiger partial charge >= 0.3 is 11.9 Å². The Morgan fingerprint density at radius 3 is 2.55 bits per heavy atom. The van der Waals surface area contributed by atoms with Crippen molar-refractivity contribution in [3.8, 4) is 11.7 Å². The Hall–Kier alpha value is -2.83. The van der Waals surface area contributed by atoms with Gasteiger partial charge in [-0.25, -0.2) is 19.9 Å². The number of hydrogen-bond acceptors (Lipinski definition) is 9. The third kappa shape index (κ3) is 4.63. The first kappa shape index (κ1) is 23.3. The van der Waals surface area contributed by atoms with Crippen LogP contribution in [0.2, 0.25) is 0 Å². The van der Waals surface area contributed by atoms with Gasteiger partial charge in [0.1, 0.15) is 5.69 Å². The maximum absolute atomic E-state index is 13.4. The Labute approximate surface area is 189 Å². The molecule has 1 saturated carbocycles. The van der Waals surface area contributed by atoms with Gasteiger partial charge in [0.25, 0.3) is 5.89 Å². The van der Waals surface area contributed by atoms with E-state index in [0.29, 0.717) is 29.7 Å². The molecular formula is C20H29F3N8O2. The van der Waals surface area contributed by atoms with E-state index in [9.17, 15) is 18.0 Å². The molecule has 1 unspecified atom stereocenters. The lowest BCUT2D eigenvalue weighted by Crippen LogP contribution is -2.55. The van der Waals surface area contributed by atoms with Gasteiger partial charge in [-0.1, -0.05) is 13.3 Å². The molecule has 10 nitrogen and oxygen atoms in total. The van der Waals surface area contributed by atoms with Gasteiger partial charge < -0.3 is 19.5 Å². The van der Waals surface area contributed by atoms with E-state index in [4.69, 9.17) is 4.42 Å². The van der Waals surface area contributed by atoms with Crippen LogP contribution in [0.25, 0.3) is 11.7 Å². The molecule has 3 heterocycles. The van der Waals surface area contributed by atoms with Gasteiger partial charge in [0.2, 0.25) is 5.82 Å². The molecule has 2 aromatic rings. The summed E-state index contributed by atoms with van der Waals surface area (Å²) in [5, 5.41) is 9.45. The van der Waals surface area contributed by atoms with Gasteiger partial charge in [0.15, 0.2) is 17.9 Å². The standard InChI is InChI=1S/C20H29F3N8O2/c1-5-9-31(10-20(21,22)23)19-29(3)13-14(24-11(2)12-7-6-8-12)25-15(26-16(13)30(19)4)17-27-28-18(32)33-17/h11-12,19H,5-10H2,1-4H3,(H,28,32)(H,24,25,26)/t11-,19?/m1/s1. The molecule has 13 heteroatoms. The van der Waals surface area contributed by atoms with Gasteiger partial charge in [-0.3, -0.25) is 4.90 Å². The molecule has 0 radical (unpaired) electrons. The summed E-state index contributed by atoms with van der Waals surface area (Å²) < 4.78 is 45.1. The van der Waals surface area contributed by atoms with Gasteiger partial charge in [0, 0.05) is 26.7 Å². The van der Waals surface area contributed by atoms with Crippen molar-refractivity contribution >= 4 is 17.3 Å². The summed E-state index contributed by atoms with van der Waals surface area (Å²) in [5.41, 5.74) is 0.596. The number of fused-ring (bicyclic) bond motifs is 1. The molecule has 1 fully saturated rings. The van der Waals surface area contributed by atoms with E-state index in [1.807, 2.05) is 6.92 Å². The van der Waals surface area contributed by atoms with Crippen LogP contribution in [0.3, 0.4) is 0 Å². The lowest BCUT2D eigenvalue weighted by atomic mass is 9.80. The Balaban J connectivity index is 1.76. The zero-order valence-electron chi connectivity index (χ0n) is 19.1. The van der Waals surface area contributed by atoms with Crippen LogP contribution in [-0.4, -0.2) is 70.8 Å². The maximum Gasteiger partial charge on any atom is 0.434 e. The number of aromatic amines is 1. The third-order valence-corrected chi connectivity index (χ3v) is 6.32. The molecule has 0 bridgehead atoms. The number of aromatic nitrogens is 4. The highest BCUT2D eigenvalue weighted by Crippen LogP contribution is 2.44. The van der Waals surface area contributed by atoms with Crippen molar-refractivity contribution in [2.75, 3.05) is 42.3 Å². The van der Waals surface area contributed by atoms with Crippen molar-refractivity contribution in [2.24, 2.45) is 5.92 Å². The number of nitrogens with one attached hydrogen (secondary N) is 2. The first-order valence-electron chi connectivity index (χ1n) is 11.1. The maximum atomic E-state index is 13.4. The van der Waals surface area contributed by atoms with E-state index in [1.165, 1.54) is 11.3 Å². The zero-order valence-corrected chi connectivity index (χ0v) is 19.1. The number of halogens is 3. The molecule has 0 amide bonds. The molecule has 33 heavy (non-hydrogen) atoms. The summed E-state index contributed by atoms with van der Waals surface area (Å²) in [6, 6.07) is 0.108. The highest BCUT2D eigenvalue weighted by atomic mass is 19.4. The molecule has 4 rings (SSSR count). The number of anilines is 3. The largest absolute Gasteiger partial charge is 0.434 e. The molecule has 2 aliphatic rings. The molecule has 2 N–H and O–H groups in total. The van der Waals surface area contributed by atoms with E-state index >= 15 is 0 Å². The molecule has 2 aromatic heterocycles. The topological polar surface area (TPSA) is 106 Å². The second-order valence-corrected chi connectivity index (χ2v) is 8.76. The van der Waals surface area contributed by atoms with Crippen molar-refractivity contribution in [3.05, 3.63) is 10.6 Å². The van der Waals surface area contributed by atoms with Gasteiger partial charge in [-0.15, -0.1) is 5.10 Å². The number of H-pyrrole nitrogens is 1. The zero-order chi connectivity index (χ0) is 23.9. The van der Waals surface area contributed by atoms with Crippen molar-refractivity contribution in [1.29, 1.82) is 0 Å². The Kier molecular flexibility index (Phi) is 6.25. The number of hydrogen-bond donors (Lipinski definition) is 2. The van der Waals surface area contributed by atoms with Crippen LogP contribution in [-0.2, 0) is 0 Å². The number of alkyl halides is 3. The van der Waals surface area contributed by atoms with Crippen LogP contribution < -0.4 is 20.9 Å². The molecule has 2 atom stereocenters. The minimum atomic E-state index is -4.35. The highest BCUT2D eigenvalue weighted by Gasteiger charge is 2.43. The third-order valence-electron chi connectivity index (χ3n) is 6.32. The van der Waals surface area contributed by atoms with Crippen molar-refractivity contribution in [3.63, 3.8) is 0 Å². The molecule has 0 aromatic carbocycles. The molecule has 182 valence electrons. The Morgan fingerprint density at radius 1 is 1.27 bits per heavy atom. The summed E-state index contributed by atoms with van der Waals surface area (Å²) in [6.45, 7) is 3.11. The lowest BCUT2D eigenvalue weighted by molar-refractivity contribution is -0.150. The lowest BCUT2D eigenvalue weighted by Gasteiger charge is -2.38. The van der Waals surface area contributed by atoms with E-state index in [2.05, 4.69) is 32.4 Å². The Morgan fingerprint density at radius 2 is 2.00 bits per heavy atom. The fraction of sp³-hybridized carbons (Fsp3) is 0.700. The van der Waals surface area contributed by atoms with Crippen molar-refractivity contribution in [1.82, 2.24) is 25.1 Å². The molecule has 0 spiro atoms. The average Bonchev–Trinajstić information content (AvgIpc) is 3.21. The van der Waals surface area contributed by atoms with E-state index in [-0.39, 0.29) is 24.3 Å². The second kappa shape index (κ2) is 8.84. The Bertz CT molecular complexity index is 1040. The summed E-state index contributed by atoms with van der Waals surface area (Å²) in [6.07, 6.45) is -1.11. The minimum absolute atomic E-state index is 0.0779. The SMILES string of the molecule is CCCN(CC(F)(F)F)C1N(C)c2nc(-c3n[nH]c(=O)o3)nc(N[C@H](C)C3CCC3)c2N1C. The van der Waals surface area contributed by atoms with E-state index in [1.54, 1.807) is 23.9 Å². The molecule has 1 aliphatic heterocycles. The summed E-state index contributed by atoms with van der Waals surface area (Å²) >= 11 is 0. The average molecular weight is 471 g/mol. The predicted octanol–water partition coefficient (Wildman–Crippen LogP) is 2.86. The van der Waals surface area contributed by atoms with Crippen LogP contribution in [0, 0.1) is 5.92 Å². The van der Waals surface area contributed by atoms with Crippen LogP contribution in [0.15, 0.2) is 9.21 Å². The van der Waals surface area contributed by atoms with Gasteiger partial charge in [-0.05, 0) is 32.1 Å². The molecular weight excluding hydrogens is 441 g/mol. The van der Waals surface area contributed by atoms with E-state index in [0.717, 1.165) is 12.8 Å². The summed E-state index contributed by atoms with van der Waals surface area (Å²) in [5.74, 6) is 0.653. The number of nitrogens with zero attached hydrogens (tertiary/aromatic N) is 6. The summed E-state index contributed by atoms with van der Waals surface area (Å²) in [7, 11) is 3.44. The smallest absolute Gasteiger partial charge is 0.384 e. The quantitative estimate of drug-likeness (QED) is 0.602. The van der Waals surface area contributed by atoms with Gasteiger partial charge in [0.05, 0.1) is 6.54 Å². The number of rotatable bonds is 8. The van der Waals surface area contributed by atoms with Crippen molar-refractivity contribution < 1.29 is 17.6 Å². The first-order chi connectivity index (χ1) is 15.6. The monoisotopic (exact) mass is 470 g/mol. The van der Waals surface area contributed by atoms with Crippen LogP contribution >= 0.6 is 0 Å². The highest BCUT2D eigenvalue weighted by molar-refractivity contribution is 5.84. The van der Waals surface area contributed by atoms with Gasteiger partial charge in [-0.2, -0.15) is 13.2 Å². The van der Waals surface area contributed by atoms with Crippen LogP contribution in [0.5, 0.6) is 0 Å². The summed E-state index contributed by atoms with van der Waals surface area (Å²) in [4.78, 5) is 25.4. The fourth-order valence-electron chi connectivity index (χ4n) is 4.58. The molecule has 1 aliphatic carbocycles. The van der Waals surface area contributed by atoms with Crippen LogP contribution in [0.1, 0.15) is 39.5 Å². The second-order valence-electron chi connectivity index (χ2n) is 8.76. The first-order valence-corrected chi connectivity index (χ1v) is 11.1. The normalized spacial score (nSPS) is 19.7. The van der Waals surface area contributed by atoms with Crippen LogP contribution in [0.4, 0.5) is 30.5 Å². The minimum Gasteiger partial charge on any atom is -0.384 e.